The molecule has 94 valence electrons. The molecule has 0 amide bonds. The molecule has 0 aromatic carbocycles. The Kier molecular flexibility index (Phi) is 3.72. The summed E-state index contributed by atoms with van der Waals surface area (Å²) in [6.45, 7) is 0.649. The number of nitrogens with two attached hydrogens (primary N) is 1. The average Bonchev–Trinajstić information content (AvgIpc) is 2.54. The number of anilines is 1. The highest BCUT2D eigenvalue weighted by atomic mass is 16.6. The maximum atomic E-state index is 11.6. The van der Waals surface area contributed by atoms with Gasteiger partial charge >= 0.3 is 5.69 Å². The van der Waals surface area contributed by atoms with E-state index in [4.69, 9.17) is 20.3 Å². The van der Waals surface area contributed by atoms with Crippen LogP contribution in [-0.4, -0.2) is 40.6 Å². The van der Waals surface area contributed by atoms with Crippen molar-refractivity contribution in [2.45, 2.75) is 18.8 Å². The van der Waals surface area contributed by atoms with Gasteiger partial charge in [-0.25, -0.2) is 4.79 Å². The number of nitrogen functional groups attached to an aromatic ring is 1. The number of rotatable bonds is 2. The molecule has 1 fully saturated rings. The van der Waals surface area contributed by atoms with Gasteiger partial charge in [0, 0.05) is 12.6 Å². The molecule has 17 heavy (non-hydrogen) atoms. The van der Waals surface area contributed by atoms with Crippen LogP contribution < -0.4 is 11.4 Å². The summed E-state index contributed by atoms with van der Waals surface area (Å²) in [7, 11) is 0. The van der Waals surface area contributed by atoms with Gasteiger partial charge in [0.15, 0.2) is 0 Å². The summed E-state index contributed by atoms with van der Waals surface area (Å²) in [5.41, 5.74) is 4.95. The zero-order valence-electron chi connectivity index (χ0n) is 9.28. The highest BCUT2D eigenvalue weighted by molar-refractivity contribution is 5.23. The van der Waals surface area contributed by atoms with E-state index in [2.05, 4.69) is 4.98 Å². The van der Waals surface area contributed by atoms with Crippen LogP contribution in [0.1, 0.15) is 12.6 Å². The van der Waals surface area contributed by atoms with Crippen molar-refractivity contribution in [1.82, 2.24) is 9.55 Å². The molecule has 0 unspecified atom stereocenters. The molecule has 7 heteroatoms. The van der Waals surface area contributed by atoms with Crippen LogP contribution in [0.25, 0.3) is 0 Å². The Balaban J connectivity index is 2.22. The average molecular weight is 241 g/mol. The first-order chi connectivity index (χ1) is 8.20. The van der Waals surface area contributed by atoms with Crippen LogP contribution in [0.15, 0.2) is 17.1 Å². The summed E-state index contributed by atoms with van der Waals surface area (Å²) in [5.74, 6) is 0.176. The van der Waals surface area contributed by atoms with E-state index in [-0.39, 0.29) is 12.4 Å². The van der Waals surface area contributed by atoms with Crippen molar-refractivity contribution in [1.29, 1.82) is 0 Å². The number of aromatic nitrogens is 2. The van der Waals surface area contributed by atoms with E-state index in [9.17, 15) is 4.79 Å². The fraction of sp³-hybridized carbons (Fsp3) is 0.600. The maximum Gasteiger partial charge on any atom is 0.351 e. The van der Waals surface area contributed by atoms with Gasteiger partial charge in [0.1, 0.15) is 18.1 Å². The molecule has 7 nitrogen and oxygen atoms in total. The normalized spacial score (nSPS) is 25.5. The molecule has 1 aliphatic heterocycles. The minimum Gasteiger partial charge on any atom is -0.394 e. The first-order valence-corrected chi connectivity index (χ1v) is 5.39. The number of aliphatic hydroxyl groups is 1. The smallest absolute Gasteiger partial charge is 0.351 e. The van der Waals surface area contributed by atoms with Gasteiger partial charge in [-0.1, -0.05) is 0 Å². The summed E-state index contributed by atoms with van der Waals surface area (Å²) in [5, 5.41) is 9.07. The Labute approximate surface area is 97.8 Å². The van der Waals surface area contributed by atoms with Crippen molar-refractivity contribution < 1.29 is 14.6 Å². The van der Waals surface area contributed by atoms with E-state index in [1.807, 2.05) is 0 Å². The predicted molar refractivity (Wildman–Crippen MR) is 59.3 cm³/mol. The first-order valence-electron chi connectivity index (χ1n) is 5.39. The van der Waals surface area contributed by atoms with Crippen molar-refractivity contribution in [3.8, 4) is 0 Å². The third-order valence-corrected chi connectivity index (χ3v) is 2.53. The standard InChI is InChI=1S/C10H15N3O4/c11-8-1-3-13(10(15)12-8)9-2-4-16-6-7(5-14)17-9/h1,3,7,9,14H,2,4-6H2,(H2,11,12,15)/t7-,9+/m1/s1. The minimum absolute atomic E-state index is 0.145. The molecular weight excluding hydrogens is 226 g/mol. The summed E-state index contributed by atoms with van der Waals surface area (Å²) in [4.78, 5) is 15.3. The topological polar surface area (TPSA) is 99.6 Å². The second kappa shape index (κ2) is 5.26. The predicted octanol–water partition coefficient (Wildman–Crippen LogP) is -0.878. The van der Waals surface area contributed by atoms with Gasteiger partial charge in [0.2, 0.25) is 0 Å². The summed E-state index contributed by atoms with van der Waals surface area (Å²) >= 11 is 0. The van der Waals surface area contributed by atoms with Crippen LogP contribution in [-0.2, 0) is 9.47 Å². The van der Waals surface area contributed by atoms with E-state index in [0.717, 1.165) is 0 Å². The minimum atomic E-state index is -0.477. The zero-order chi connectivity index (χ0) is 12.3. The Morgan fingerprint density at radius 1 is 1.65 bits per heavy atom. The van der Waals surface area contributed by atoms with Crippen LogP contribution in [0.4, 0.5) is 5.82 Å². The molecule has 1 aromatic heterocycles. The van der Waals surface area contributed by atoms with E-state index < -0.39 is 18.0 Å². The Bertz CT molecular complexity index is 434. The lowest BCUT2D eigenvalue weighted by molar-refractivity contribution is -0.0764. The Morgan fingerprint density at radius 3 is 3.18 bits per heavy atom. The van der Waals surface area contributed by atoms with Crippen LogP contribution in [0.3, 0.4) is 0 Å². The van der Waals surface area contributed by atoms with Crippen LogP contribution in [0, 0.1) is 0 Å². The lowest BCUT2D eigenvalue weighted by Gasteiger charge is -2.20. The molecule has 1 aliphatic rings. The third kappa shape index (κ3) is 2.82. The molecule has 3 N–H and O–H groups in total. The number of aliphatic hydroxyl groups excluding tert-OH is 1. The summed E-state index contributed by atoms with van der Waals surface area (Å²) < 4.78 is 12.2. The molecule has 1 saturated heterocycles. The molecule has 0 radical (unpaired) electrons. The van der Waals surface area contributed by atoms with Crippen molar-refractivity contribution in [3.63, 3.8) is 0 Å². The molecule has 0 spiro atoms. The van der Waals surface area contributed by atoms with E-state index >= 15 is 0 Å². The summed E-state index contributed by atoms with van der Waals surface area (Å²) in [6.07, 6.45) is 1.17. The van der Waals surface area contributed by atoms with Gasteiger partial charge in [-0.05, 0) is 6.07 Å². The van der Waals surface area contributed by atoms with E-state index in [0.29, 0.717) is 19.6 Å². The zero-order valence-corrected chi connectivity index (χ0v) is 9.28. The van der Waals surface area contributed by atoms with E-state index in [1.165, 1.54) is 16.8 Å². The largest absolute Gasteiger partial charge is 0.394 e. The number of hydrogen-bond donors (Lipinski definition) is 2. The third-order valence-electron chi connectivity index (χ3n) is 2.53. The van der Waals surface area contributed by atoms with Crippen molar-refractivity contribution in [2.75, 3.05) is 25.6 Å². The number of hydrogen-bond acceptors (Lipinski definition) is 6. The monoisotopic (exact) mass is 241 g/mol. The quantitative estimate of drug-likeness (QED) is 0.697. The number of ether oxygens (including phenoxy) is 2. The second-order valence-electron chi connectivity index (χ2n) is 3.80. The highest BCUT2D eigenvalue weighted by Crippen LogP contribution is 2.17. The van der Waals surface area contributed by atoms with Gasteiger partial charge in [0.25, 0.3) is 0 Å². The lowest BCUT2D eigenvalue weighted by Crippen LogP contribution is -2.32. The lowest BCUT2D eigenvalue weighted by atomic mass is 10.3. The molecule has 0 aliphatic carbocycles. The number of nitrogens with zero attached hydrogens (tertiary/aromatic N) is 2. The Hall–Kier alpha value is -1.44. The molecular formula is C10H15N3O4. The SMILES string of the molecule is Nc1ccn([C@@H]2CCOC[C@@H](CO)O2)c(=O)n1. The van der Waals surface area contributed by atoms with Gasteiger partial charge in [-0.15, -0.1) is 0 Å². The van der Waals surface area contributed by atoms with Crippen LogP contribution in [0.2, 0.25) is 0 Å². The first kappa shape index (κ1) is 12.0. The molecule has 2 atom stereocenters. The van der Waals surface area contributed by atoms with E-state index in [1.54, 1.807) is 0 Å². The van der Waals surface area contributed by atoms with Crippen LogP contribution >= 0.6 is 0 Å². The van der Waals surface area contributed by atoms with Crippen LogP contribution in [0.5, 0.6) is 0 Å². The highest BCUT2D eigenvalue weighted by Gasteiger charge is 2.22. The van der Waals surface area contributed by atoms with Crippen molar-refractivity contribution in [2.24, 2.45) is 0 Å². The summed E-state index contributed by atoms with van der Waals surface area (Å²) in [6, 6.07) is 1.53. The fourth-order valence-corrected chi connectivity index (χ4v) is 1.67. The van der Waals surface area contributed by atoms with Gasteiger partial charge in [0.05, 0.1) is 19.8 Å². The Morgan fingerprint density at radius 2 is 2.47 bits per heavy atom. The van der Waals surface area contributed by atoms with Gasteiger partial charge in [-0.3, -0.25) is 4.57 Å². The van der Waals surface area contributed by atoms with Crippen molar-refractivity contribution in [3.05, 3.63) is 22.7 Å². The van der Waals surface area contributed by atoms with Gasteiger partial charge in [-0.2, -0.15) is 4.98 Å². The van der Waals surface area contributed by atoms with Crippen molar-refractivity contribution >= 4 is 5.82 Å². The molecule has 2 heterocycles. The molecule has 0 saturated carbocycles. The van der Waals surface area contributed by atoms with Gasteiger partial charge < -0.3 is 20.3 Å². The molecule has 2 rings (SSSR count). The fourth-order valence-electron chi connectivity index (χ4n) is 1.67. The molecule has 0 bridgehead atoms. The maximum absolute atomic E-state index is 11.6. The second-order valence-corrected chi connectivity index (χ2v) is 3.80. The molecule has 1 aromatic rings.